The van der Waals surface area contributed by atoms with E-state index in [1.807, 2.05) is 6.92 Å². The SMILES string of the molecule is Cc1nn(CC(C)C)c(C)c1CCC(=O)NCC(c1ccc(F)cc1)N1CCOCC1. The number of nitrogens with zero attached hydrogens (tertiary/aromatic N) is 3. The number of aryl methyl sites for hydroxylation is 1. The maximum Gasteiger partial charge on any atom is 0.220 e. The first-order valence-electron chi connectivity index (χ1n) is 11.2. The topological polar surface area (TPSA) is 59.4 Å². The molecule has 1 aliphatic heterocycles. The van der Waals surface area contributed by atoms with Gasteiger partial charge in [0.15, 0.2) is 0 Å². The van der Waals surface area contributed by atoms with Gasteiger partial charge in [-0.2, -0.15) is 5.10 Å². The number of carbonyl (C=O) groups excluding carboxylic acids is 1. The largest absolute Gasteiger partial charge is 0.379 e. The number of benzene rings is 1. The van der Waals surface area contributed by atoms with E-state index < -0.39 is 0 Å². The predicted molar refractivity (Wildman–Crippen MR) is 119 cm³/mol. The fourth-order valence-corrected chi connectivity index (χ4v) is 4.19. The van der Waals surface area contributed by atoms with Gasteiger partial charge in [-0.1, -0.05) is 26.0 Å². The van der Waals surface area contributed by atoms with Crippen LogP contribution in [0.2, 0.25) is 0 Å². The molecule has 3 rings (SSSR count). The van der Waals surface area contributed by atoms with Gasteiger partial charge >= 0.3 is 0 Å². The molecule has 0 spiro atoms. The van der Waals surface area contributed by atoms with E-state index in [1.165, 1.54) is 17.7 Å². The Morgan fingerprint density at radius 2 is 1.87 bits per heavy atom. The van der Waals surface area contributed by atoms with E-state index in [-0.39, 0.29) is 17.8 Å². The van der Waals surface area contributed by atoms with Crippen LogP contribution >= 0.6 is 0 Å². The zero-order valence-electron chi connectivity index (χ0n) is 19.2. The summed E-state index contributed by atoms with van der Waals surface area (Å²) in [6, 6.07) is 6.57. The van der Waals surface area contributed by atoms with Gasteiger partial charge in [-0.3, -0.25) is 14.4 Å². The quantitative estimate of drug-likeness (QED) is 0.662. The van der Waals surface area contributed by atoms with Crippen molar-refractivity contribution in [1.82, 2.24) is 20.0 Å². The molecule has 1 N–H and O–H groups in total. The van der Waals surface area contributed by atoms with Gasteiger partial charge in [-0.05, 0) is 49.4 Å². The lowest BCUT2D eigenvalue weighted by Gasteiger charge is -2.35. The second-order valence-corrected chi connectivity index (χ2v) is 8.75. The predicted octanol–water partition coefficient (Wildman–Crippen LogP) is 3.42. The molecular weight excluding hydrogens is 395 g/mol. The Bertz CT molecular complexity index is 857. The van der Waals surface area contributed by atoms with Crippen molar-refractivity contribution in [2.75, 3.05) is 32.8 Å². The van der Waals surface area contributed by atoms with Crippen molar-refractivity contribution in [3.63, 3.8) is 0 Å². The van der Waals surface area contributed by atoms with E-state index in [4.69, 9.17) is 4.74 Å². The molecular formula is C24H35FN4O2. The van der Waals surface area contributed by atoms with Gasteiger partial charge in [-0.25, -0.2) is 4.39 Å². The molecule has 1 aliphatic rings. The number of rotatable bonds is 9. The van der Waals surface area contributed by atoms with Crippen LogP contribution in [0.5, 0.6) is 0 Å². The van der Waals surface area contributed by atoms with Crippen molar-refractivity contribution in [1.29, 1.82) is 0 Å². The Morgan fingerprint density at radius 1 is 1.19 bits per heavy atom. The molecule has 1 saturated heterocycles. The van der Waals surface area contributed by atoms with E-state index >= 15 is 0 Å². The van der Waals surface area contributed by atoms with Gasteiger partial charge in [-0.15, -0.1) is 0 Å². The monoisotopic (exact) mass is 430 g/mol. The van der Waals surface area contributed by atoms with Crippen LogP contribution in [-0.4, -0.2) is 53.4 Å². The molecule has 6 nitrogen and oxygen atoms in total. The van der Waals surface area contributed by atoms with Gasteiger partial charge in [0, 0.05) is 38.3 Å². The summed E-state index contributed by atoms with van der Waals surface area (Å²) < 4.78 is 20.9. The average molecular weight is 431 g/mol. The van der Waals surface area contributed by atoms with Crippen molar-refractivity contribution in [3.05, 3.63) is 52.6 Å². The number of nitrogens with one attached hydrogen (secondary N) is 1. The number of amides is 1. The van der Waals surface area contributed by atoms with Crippen molar-refractivity contribution in [2.45, 2.75) is 53.1 Å². The van der Waals surface area contributed by atoms with E-state index in [1.54, 1.807) is 12.1 Å². The third-order valence-electron chi connectivity index (χ3n) is 5.91. The molecule has 2 aromatic rings. The molecule has 7 heteroatoms. The second kappa shape index (κ2) is 10.9. The smallest absolute Gasteiger partial charge is 0.220 e. The molecule has 1 fully saturated rings. The number of aromatic nitrogens is 2. The van der Waals surface area contributed by atoms with E-state index in [0.717, 1.165) is 36.6 Å². The maximum absolute atomic E-state index is 13.4. The molecule has 0 aliphatic carbocycles. The van der Waals surface area contributed by atoms with Gasteiger partial charge in [0.05, 0.1) is 24.9 Å². The fourth-order valence-electron chi connectivity index (χ4n) is 4.19. The minimum absolute atomic E-state index is 0.00529. The molecule has 1 amide bonds. The molecule has 1 atom stereocenters. The number of hydrogen-bond acceptors (Lipinski definition) is 4. The Kier molecular flexibility index (Phi) is 8.21. The molecule has 31 heavy (non-hydrogen) atoms. The highest BCUT2D eigenvalue weighted by molar-refractivity contribution is 5.76. The van der Waals surface area contributed by atoms with Gasteiger partial charge < -0.3 is 10.1 Å². The Hall–Kier alpha value is -2.25. The van der Waals surface area contributed by atoms with E-state index in [2.05, 4.69) is 40.8 Å². The summed E-state index contributed by atoms with van der Waals surface area (Å²) in [6.07, 6.45) is 1.11. The summed E-state index contributed by atoms with van der Waals surface area (Å²) in [4.78, 5) is 14.9. The van der Waals surface area contributed by atoms with Crippen LogP contribution in [0.15, 0.2) is 24.3 Å². The van der Waals surface area contributed by atoms with Crippen LogP contribution in [0.3, 0.4) is 0 Å². The van der Waals surface area contributed by atoms with Crippen LogP contribution in [0.4, 0.5) is 4.39 Å². The summed E-state index contributed by atoms with van der Waals surface area (Å²) in [6.45, 7) is 12.8. The summed E-state index contributed by atoms with van der Waals surface area (Å²) in [5.41, 5.74) is 4.32. The molecule has 0 saturated carbocycles. The molecule has 2 heterocycles. The fraction of sp³-hybridized carbons (Fsp3) is 0.583. The van der Waals surface area contributed by atoms with Crippen molar-refractivity contribution < 1.29 is 13.9 Å². The van der Waals surface area contributed by atoms with Gasteiger partial charge in [0.25, 0.3) is 0 Å². The summed E-state index contributed by atoms with van der Waals surface area (Å²) in [7, 11) is 0. The lowest BCUT2D eigenvalue weighted by Crippen LogP contribution is -2.43. The van der Waals surface area contributed by atoms with Crippen molar-refractivity contribution in [2.24, 2.45) is 5.92 Å². The minimum Gasteiger partial charge on any atom is -0.379 e. The van der Waals surface area contributed by atoms with E-state index in [0.29, 0.717) is 38.5 Å². The molecule has 1 aromatic heterocycles. The Balaban J connectivity index is 1.59. The number of morpholine rings is 1. The first kappa shape index (κ1) is 23.4. The van der Waals surface area contributed by atoms with Crippen molar-refractivity contribution in [3.8, 4) is 0 Å². The number of carbonyl (C=O) groups is 1. The van der Waals surface area contributed by atoms with Crippen LogP contribution in [-0.2, 0) is 22.5 Å². The highest BCUT2D eigenvalue weighted by Crippen LogP contribution is 2.22. The number of halogens is 1. The third kappa shape index (κ3) is 6.37. The highest BCUT2D eigenvalue weighted by atomic mass is 19.1. The lowest BCUT2D eigenvalue weighted by atomic mass is 10.0. The van der Waals surface area contributed by atoms with Crippen LogP contribution < -0.4 is 5.32 Å². The maximum atomic E-state index is 13.4. The highest BCUT2D eigenvalue weighted by Gasteiger charge is 2.23. The van der Waals surface area contributed by atoms with Crippen LogP contribution in [0.1, 0.15) is 48.8 Å². The zero-order chi connectivity index (χ0) is 22.4. The van der Waals surface area contributed by atoms with Crippen LogP contribution in [0, 0.1) is 25.6 Å². The average Bonchev–Trinajstić information content (AvgIpc) is 3.00. The lowest BCUT2D eigenvalue weighted by molar-refractivity contribution is -0.121. The molecule has 170 valence electrons. The zero-order valence-corrected chi connectivity index (χ0v) is 19.2. The molecule has 1 aromatic carbocycles. The van der Waals surface area contributed by atoms with Crippen molar-refractivity contribution >= 4 is 5.91 Å². The van der Waals surface area contributed by atoms with E-state index in [9.17, 15) is 9.18 Å². The number of ether oxygens (including phenoxy) is 1. The standard InChI is InChI=1S/C24H35FN4O2/c1-17(2)16-29-19(4)22(18(3)27-29)9-10-24(30)26-15-23(28-11-13-31-14-12-28)20-5-7-21(25)8-6-20/h5-8,17,23H,9-16H2,1-4H3,(H,26,30). The third-order valence-corrected chi connectivity index (χ3v) is 5.91. The molecule has 1 unspecified atom stereocenters. The Labute approximate surface area is 184 Å². The summed E-state index contributed by atoms with van der Waals surface area (Å²) in [5, 5.41) is 7.75. The normalized spacial score (nSPS) is 15.9. The van der Waals surface area contributed by atoms with Gasteiger partial charge in [0.1, 0.15) is 5.82 Å². The second-order valence-electron chi connectivity index (χ2n) is 8.75. The summed E-state index contributed by atoms with van der Waals surface area (Å²) >= 11 is 0. The minimum atomic E-state index is -0.253. The first-order chi connectivity index (χ1) is 14.8. The first-order valence-corrected chi connectivity index (χ1v) is 11.2. The van der Waals surface area contributed by atoms with Crippen LogP contribution in [0.25, 0.3) is 0 Å². The number of hydrogen-bond donors (Lipinski definition) is 1. The summed E-state index contributed by atoms with van der Waals surface area (Å²) in [5.74, 6) is 0.297. The molecule has 0 bridgehead atoms. The van der Waals surface area contributed by atoms with Gasteiger partial charge in [0.2, 0.25) is 5.91 Å². The Morgan fingerprint density at radius 3 is 2.52 bits per heavy atom. The molecule has 0 radical (unpaired) electrons.